The second-order valence-corrected chi connectivity index (χ2v) is 7.91. The molecule has 0 fully saturated rings. The summed E-state index contributed by atoms with van der Waals surface area (Å²) >= 11 is 1.84. The fraction of sp³-hybridized carbons (Fsp3) is 0.227. The molecule has 5 rings (SSSR count). The molecular formula is C22H21N3S. The second-order valence-electron chi connectivity index (χ2n) is 6.85. The minimum atomic E-state index is 0.514. The van der Waals surface area contributed by atoms with Crippen LogP contribution in [0.4, 0.5) is 0 Å². The number of imidazole rings is 1. The van der Waals surface area contributed by atoms with E-state index in [0.29, 0.717) is 6.54 Å². The quantitative estimate of drug-likeness (QED) is 0.555. The Labute approximate surface area is 157 Å². The molecule has 2 N–H and O–H groups in total. The van der Waals surface area contributed by atoms with E-state index in [1.54, 1.807) is 0 Å². The van der Waals surface area contributed by atoms with Crippen molar-refractivity contribution in [2.75, 3.05) is 0 Å². The second kappa shape index (κ2) is 6.38. The minimum absolute atomic E-state index is 0.514. The topological polar surface area (TPSA) is 43.3 Å². The van der Waals surface area contributed by atoms with Gasteiger partial charge in [-0.15, -0.1) is 11.3 Å². The molecule has 3 nitrogen and oxygen atoms in total. The van der Waals surface area contributed by atoms with Gasteiger partial charge in [0.1, 0.15) is 0 Å². The molecule has 1 aliphatic rings. The van der Waals surface area contributed by atoms with Crippen LogP contribution in [0.15, 0.2) is 54.6 Å². The van der Waals surface area contributed by atoms with Crippen molar-refractivity contribution in [1.82, 2.24) is 9.38 Å². The first-order valence-corrected chi connectivity index (χ1v) is 10.0. The highest BCUT2D eigenvalue weighted by Crippen LogP contribution is 2.35. The Bertz CT molecular complexity index is 1060. The predicted octanol–water partition coefficient (Wildman–Crippen LogP) is 5.07. The van der Waals surface area contributed by atoms with Crippen LogP contribution in [0.25, 0.3) is 27.3 Å². The number of aryl methyl sites for hydroxylation is 2. The lowest BCUT2D eigenvalue weighted by Crippen LogP contribution is -2.08. The summed E-state index contributed by atoms with van der Waals surface area (Å²) in [5.41, 5.74) is 13.4. The molecule has 0 unspecified atom stereocenters. The van der Waals surface area contributed by atoms with Crippen molar-refractivity contribution in [1.29, 1.82) is 0 Å². The lowest BCUT2D eigenvalue weighted by atomic mass is 10.0. The largest absolute Gasteiger partial charge is 0.325 e. The molecule has 26 heavy (non-hydrogen) atoms. The van der Waals surface area contributed by atoms with Gasteiger partial charge in [-0.2, -0.15) is 0 Å². The van der Waals surface area contributed by atoms with Gasteiger partial charge in [-0.1, -0.05) is 54.6 Å². The maximum atomic E-state index is 6.16. The first kappa shape index (κ1) is 15.8. The smallest absolute Gasteiger partial charge is 0.194 e. The molecule has 1 aliphatic carbocycles. The number of nitrogens with zero attached hydrogens (tertiary/aromatic N) is 2. The highest BCUT2D eigenvalue weighted by molar-refractivity contribution is 7.17. The fourth-order valence-corrected chi connectivity index (χ4v) is 5.19. The summed E-state index contributed by atoms with van der Waals surface area (Å²) in [6.45, 7) is 0.514. The predicted molar refractivity (Wildman–Crippen MR) is 108 cm³/mol. The van der Waals surface area contributed by atoms with Crippen LogP contribution in [0.3, 0.4) is 0 Å². The third kappa shape index (κ3) is 2.49. The summed E-state index contributed by atoms with van der Waals surface area (Å²) in [6, 6.07) is 19.1. The summed E-state index contributed by atoms with van der Waals surface area (Å²) in [5, 5.41) is 0. The first-order chi connectivity index (χ1) is 12.8. The maximum absolute atomic E-state index is 6.16. The molecule has 0 saturated heterocycles. The van der Waals surface area contributed by atoms with Gasteiger partial charge in [0.2, 0.25) is 0 Å². The average Bonchev–Trinajstić information content (AvgIpc) is 3.24. The fourth-order valence-electron chi connectivity index (χ4n) is 3.97. The molecule has 0 amide bonds. The van der Waals surface area contributed by atoms with Gasteiger partial charge < -0.3 is 5.73 Å². The van der Waals surface area contributed by atoms with Crippen molar-refractivity contribution in [2.45, 2.75) is 32.2 Å². The monoisotopic (exact) mass is 359 g/mol. The Balaban J connectivity index is 1.59. The number of aromatic nitrogens is 2. The van der Waals surface area contributed by atoms with Crippen molar-refractivity contribution < 1.29 is 0 Å². The van der Waals surface area contributed by atoms with E-state index < -0.39 is 0 Å². The number of hydrogen-bond donors (Lipinski definition) is 1. The van der Waals surface area contributed by atoms with Gasteiger partial charge in [0.05, 0.1) is 11.4 Å². The summed E-state index contributed by atoms with van der Waals surface area (Å²) in [7, 11) is 0. The number of nitrogens with two attached hydrogens (primary N) is 1. The van der Waals surface area contributed by atoms with Gasteiger partial charge in [-0.05, 0) is 36.8 Å². The summed E-state index contributed by atoms with van der Waals surface area (Å²) < 4.78 is 2.33. The number of fused-ring (bicyclic) bond motifs is 3. The van der Waals surface area contributed by atoms with E-state index in [1.165, 1.54) is 41.0 Å². The molecule has 4 aromatic rings. The number of rotatable bonds is 3. The molecule has 4 heteroatoms. The zero-order valence-corrected chi connectivity index (χ0v) is 15.4. The van der Waals surface area contributed by atoms with Crippen LogP contribution in [0.2, 0.25) is 0 Å². The van der Waals surface area contributed by atoms with E-state index in [9.17, 15) is 0 Å². The molecule has 0 atom stereocenters. The van der Waals surface area contributed by atoms with E-state index in [-0.39, 0.29) is 0 Å². The molecule has 0 spiro atoms. The van der Waals surface area contributed by atoms with Crippen LogP contribution in [-0.4, -0.2) is 9.38 Å². The molecule has 0 saturated carbocycles. The average molecular weight is 359 g/mol. The van der Waals surface area contributed by atoms with Crippen LogP contribution in [0.5, 0.6) is 0 Å². The Kier molecular flexibility index (Phi) is 3.88. The standard InChI is InChI=1S/C22H21N3S/c23-14-19-21(24-22-25(19)18-8-4-5-9-20(18)26-22)17-12-10-16(11-13-17)15-6-2-1-3-7-15/h1-3,6-7,10-13H,4-5,8-9,14,23H2. The zero-order chi connectivity index (χ0) is 17.5. The van der Waals surface area contributed by atoms with Gasteiger partial charge in [-0.25, -0.2) is 4.98 Å². The van der Waals surface area contributed by atoms with Crippen molar-refractivity contribution in [3.63, 3.8) is 0 Å². The molecule has 2 heterocycles. The van der Waals surface area contributed by atoms with Crippen LogP contribution in [0, 0.1) is 0 Å². The van der Waals surface area contributed by atoms with Crippen LogP contribution < -0.4 is 5.73 Å². The molecule has 0 aliphatic heterocycles. The molecule has 130 valence electrons. The van der Waals surface area contributed by atoms with E-state index in [4.69, 9.17) is 10.7 Å². The van der Waals surface area contributed by atoms with Gasteiger partial charge in [0.25, 0.3) is 0 Å². The first-order valence-electron chi connectivity index (χ1n) is 9.23. The van der Waals surface area contributed by atoms with Crippen molar-refractivity contribution in [2.24, 2.45) is 5.73 Å². The maximum Gasteiger partial charge on any atom is 0.194 e. The molecular weight excluding hydrogens is 338 g/mol. The Morgan fingerprint density at radius 2 is 1.58 bits per heavy atom. The Morgan fingerprint density at radius 3 is 2.35 bits per heavy atom. The Hall–Kier alpha value is -2.43. The van der Waals surface area contributed by atoms with E-state index in [2.05, 4.69) is 52.9 Å². The van der Waals surface area contributed by atoms with E-state index in [0.717, 1.165) is 28.3 Å². The molecule has 2 aromatic carbocycles. The number of benzene rings is 2. The third-order valence-electron chi connectivity index (χ3n) is 5.27. The SMILES string of the molecule is NCc1c(-c2ccc(-c3ccccc3)cc2)nc2sc3c(n12)CCCC3. The Morgan fingerprint density at radius 1 is 0.885 bits per heavy atom. The highest BCUT2D eigenvalue weighted by atomic mass is 32.1. The molecule has 2 aromatic heterocycles. The van der Waals surface area contributed by atoms with Crippen molar-refractivity contribution in [3.8, 4) is 22.4 Å². The van der Waals surface area contributed by atoms with Crippen molar-refractivity contribution >= 4 is 16.3 Å². The third-order valence-corrected chi connectivity index (χ3v) is 6.42. The molecule has 0 bridgehead atoms. The minimum Gasteiger partial charge on any atom is -0.325 e. The van der Waals surface area contributed by atoms with Crippen LogP contribution in [-0.2, 0) is 19.4 Å². The van der Waals surface area contributed by atoms with Gasteiger partial charge in [-0.3, -0.25) is 4.40 Å². The van der Waals surface area contributed by atoms with Crippen LogP contribution in [0.1, 0.15) is 29.1 Å². The van der Waals surface area contributed by atoms with Gasteiger partial charge >= 0.3 is 0 Å². The zero-order valence-electron chi connectivity index (χ0n) is 14.6. The van der Waals surface area contributed by atoms with Gasteiger partial charge in [0, 0.05) is 22.7 Å². The number of hydrogen-bond acceptors (Lipinski definition) is 3. The summed E-state index contributed by atoms with van der Waals surface area (Å²) in [4.78, 5) is 7.56. The summed E-state index contributed by atoms with van der Waals surface area (Å²) in [6.07, 6.45) is 4.89. The normalized spacial score (nSPS) is 13.9. The van der Waals surface area contributed by atoms with Crippen molar-refractivity contribution in [3.05, 3.63) is 70.9 Å². The van der Waals surface area contributed by atoms with Gasteiger partial charge in [0.15, 0.2) is 4.96 Å². The highest BCUT2D eigenvalue weighted by Gasteiger charge is 2.22. The number of thiazole rings is 1. The van der Waals surface area contributed by atoms with E-state index in [1.807, 2.05) is 17.4 Å². The summed E-state index contributed by atoms with van der Waals surface area (Å²) in [5.74, 6) is 0. The van der Waals surface area contributed by atoms with E-state index >= 15 is 0 Å². The molecule has 0 radical (unpaired) electrons. The lowest BCUT2D eigenvalue weighted by Gasteiger charge is -2.12. The van der Waals surface area contributed by atoms with Crippen LogP contribution >= 0.6 is 11.3 Å². The lowest BCUT2D eigenvalue weighted by molar-refractivity contribution is 0.670.